The van der Waals surface area contributed by atoms with E-state index in [1.54, 1.807) is 0 Å². The van der Waals surface area contributed by atoms with Crippen molar-refractivity contribution < 1.29 is 34.4 Å². The molecule has 1 aliphatic heterocycles. The Hall–Kier alpha value is -1.06. The van der Waals surface area contributed by atoms with Gasteiger partial charge in [-0.05, 0) is 33.0 Å². The maximum Gasteiger partial charge on any atom is 0.195 e. The third-order valence-corrected chi connectivity index (χ3v) is 4.63. The van der Waals surface area contributed by atoms with Crippen molar-refractivity contribution >= 4 is 46.3 Å². The lowest BCUT2D eigenvalue weighted by Gasteiger charge is -2.51. The van der Waals surface area contributed by atoms with E-state index in [0.717, 1.165) is 20.8 Å². The van der Waals surface area contributed by atoms with E-state index in [1.165, 1.54) is 0 Å². The Morgan fingerprint density at radius 2 is 1.70 bits per heavy atom. The number of carbonyl (C=O) groups excluding carboxylic acids is 3. The van der Waals surface area contributed by atoms with Crippen LogP contribution in [0.15, 0.2) is 4.99 Å². The Morgan fingerprint density at radius 3 is 2.04 bits per heavy atom. The van der Waals surface area contributed by atoms with Gasteiger partial charge >= 0.3 is 0 Å². The molecule has 1 saturated heterocycles. The summed E-state index contributed by atoms with van der Waals surface area (Å²) in [5.41, 5.74) is -5.32. The lowest BCUT2D eigenvalue weighted by Crippen LogP contribution is -2.76. The number of aliphatic imine (C=N–C) groups is 1. The minimum atomic E-state index is -2.71. The van der Waals surface area contributed by atoms with Gasteiger partial charge in [0.1, 0.15) is 17.6 Å². The van der Waals surface area contributed by atoms with Crippen LogP contribution in [0.2, 0.25) is 0 Å². The molecular formula is C13H16ClNO7S. The van der Waals surface area contributed by atoms with Gasteiger partial charge in [-0.1, -0.05) is 0 Å². The van der Waals surface area contributed by atoms with Gasteiger partial charge in [-0.2, -0.15) is 4.99 Å². The number of Topliss-reactive ketones (excluding diaryl/α,β-unsaturated/α-hetero) is 3. The van der Waals surface area contributed by atoms with Crippen LogP contribution in [0.3, 0.4) is 0 Å². The Balaban J connectivity index is 3.59. The molecule has 0 bridgehead atoms. The van der Waals surface area contributed by atoms with E-state index in [4.69, 9.17) is 16.3 Å². The van der Waals surface area contributed by atoms with Gasteiger partial charge in [0.15, 0.2) is 34.8 Å². The Kier molecular flexibility index (Phi) is 5.93. The first-order valence-corrected chi connectivity index (χ1v) is 7.31. The van der Waals surface area contributed by atoms with Crippen molar-refractivity contribution in [2.75, 3.05) is 0 Å². The molecule has 0 radical (unpaired) electrons. The minimum absolute atomic E-state index is 0.822. The summed E-state index contributed by atoms with van der Waals surface area (Å²) in [6.07, 6.45) is -5.54. The maximum atomic E-state index is 11.9. The summed E-state index contributed by atoms with van der Waals surface area (Å²) in [4.78, 5) is 38.7. The van der Waals surface area contributed by atoms with E-state index < -0.39 is 52.4 Å². The third-order valence-electron chi connectivity index (χ3n) is 3.86. The van der Waals surface area contributed by atoms with Crippen LogP contribution in [0.25, 0.3) is 0 Å². The second-order valence-electron chi connectivity index (χ2n) is 5.31. The molecule has 0 amide bonds. The SMILES string of the molecule is CC(=O)C(O)[C@H]1OC(N=C=S)[C@@](O)(C(C)=O)[C@@H](Cl)[C@@]1(O)C(C)=O. The summed E-state index contributed by atoms with van der Waals surface area (Å²) in [7, 11) is 0. The Labute approximate surface area is 142 Å². The normalized spacial score (nSPS) is 38.3. The molecule has 1 heterocycles. The van der Waals surface area contributed by atoms with Crippen molar-refractivity contribution in [3.8, 4) is 0 Å². The second-order valence-corrected chi connectivity index (χ2v) is 5.93. The molecular weight excluding hydrogens is 350 g/mol. The predicted octanol–water partition coefficient (Wildman–Crippen LogP) is -0.988. The first kappa shape index (κ1) is 20.0. The van der Waals surface area contributed by atoms with E-state index >= 15 is 0 Å². The van der Waals surface area contributed by atoms with Gasteiger partial charge in [-0.15, -0.1) is 11.6 Å². The highest BCUT2D eigenvalue weighted by atomic mass is 35.5. The number of ketones is 3. The second kappa shape index (κ2) is 6.82. The van der Waals surface area contributed by atoms with Crippen LogP contribution < -0.4 is 0 Å². The molecule has 8 nitrogen and oxygen atoms in total. The Bertz CT molecular complexity index is 589. The zero-order valence-corrected chi connectivity index (χ0v) is 14.1. The number of aliphatic hydroxyl groups excluding tert-OH is 1. The molecule has 0 aliphatic carbocycles. The molecule has 0 spiro atoms. The number of carbonyl (C=O) groups is 3. The third kappa shape index (κ3) is 3.01. The number of alkyl halides is 1. The number of isothiocyanates is 1. The average molecular weight is 366 g/mol. The van der Waals surface area contributed by atoms with Crippen molar-refractivity contribution in [2.24, 2.45) is 4.99 Å². The minimum Gasteiger partial charge on any atom is -0.382 e. The van der Waals surface area contributed by atoms with Gasteiger partial charge in [0.05, 0.1) is 5.16 Å². The molecule has 10 heteroatoms. The molecule has 3 N–H and O–H groups in total. The van der Waals surface area contributed by atoms with E-state index in [1.807, 2.05) is 5.16 Å². The smallest absolute Gasteiger partial charge is 0.195 e. The van der Waals surface area contributed by atoms with Gasteiger partial charge in [0.2, 0.25) is 0 Å². The maximum absolute atomic E-state index is 11.9. The van der Waals surface area contributed by atoms with Crippen LogP contribution in [-0.4, -0.2) is 72.8 Å². The molecule has 6 atom stereocenters. The monoisotopic (exact) mass is 365 g/mol. The van der Waals surface area contributed by atoms with Crippen molar-refractivity contribution in [2.45, 2.75) is 55.8 Å². The summed E-state index contributed by atoms with van der Waals surface area (Å²) in [5.74, 6) is -2.78. The molecule has 1 aliphatic rings. The van der Waals surface area contributed by atoms with Crippen molar-refractivity contribution in [3.63, 3.8) is 0 Å². The van der Waals surface area contributed by atoms with E-state index in [0.29, 0.717) is 0 Å². The molecule has 128 valence electrons. The van der Waals surface area contributed by atoms with Crippen molar-refractivity contribution in [3.05, 3.63) is 0 Å². The molecule has 0 aromatic carbocycles. The average Bonchev–Trinajstić information content (AvgIpc) is 2.46. The van der Waals surface area contributed by atoms with E-state index in [2.05, 4.69) is 17.2 Å². The van der Waals surface area contributed by atoms with Crippen LogP contribution in [0.1, 0.15) is 20.8 Å². The van der Waals surface area contributed by atoms with Crippen LogP contribution in [0, 0.1) is 0 Å². The lowest BCUT2D eigenvalue weighted by atomic mass is 9.73. The number of rotatable bonds is 5. The molecule has 1 fully saturated rings. The van der Waals surface area contributed by atoms with Crippen LogP contribution in [0.4, 0.5) is 0 Å². The van der Waals surface area contributed by atoms with Crippen LogP contribution in [0.5, 0.6) is 0 Å². The highest BCUT2D eigenvalue weighted by molar-refractivity contribution is 7.78. The zero-order valence-electron chi connectivity index (χ0n) is 12.5. The number of thiocarbonyl (C=S) groups is 1. The molecule has 1 rings (SSSR count). The van der Waals surface area contributed by atoms with Crippen LogP contribution >= 0.6 is 23.8 Å². The Morgan fingerprint density at radius 1 is 1.22 bits per heavy atom. The fourth-order valence-corrected chi connectivity index (χ4v) is 3.02. The molecule has 0 aromatic rings. The van der Waals surface area contributed by atoms with Crippen molar-refractivity contribution in [1.82, 2.24) is 0 Å². The summed E-state index contributed by atoms with van der Waals surface area (Å²) in [5, 5.41) is 31.1. The largest absolute Gasteiger partial charge is 0.382 e. The van der Waals surface area contributed by atoms with Gasteiger partial charge in [0.25, 0.3) is 0 Å². The fourth-order valence-electron chi connectivity index (χ4n) is 2.39. The first-order valence-electron chi connectivity index (χ1n) is 6.47. The highest BCUT2D eigenvalue weighted by Gasteiger charge is 2.68. The first-order chi connectivity index (χ1) is 10.4. The van der Waals surface area contributed by atoms with Crippen LogP contribution in [-0.2, 0) is 19.1 Å². The van der Waals surface area contributed by atoms with E-state index in [9.17, 15) is 29.7 Å². The molecule has 0 aromatic heterocycles. The molecule has 23 heavy (non-hydrogen) atoms. The fraction of sp³-hybridized carbons (Fsp3) is 0.692. The number of aliphatic hydroxyl groups is 3. The quantitative estimate of drug-likeness (QED) is 0.321. The van der Waals surface area contributed by atoms with Gasteiger partial charge in [-0.25, -0.2) is 0 Å². The number of ether oxygens (including phenoxy) is 1. The lowest BCUT2D eigenvalue weighted by molar-refractivity contribution is -0.251. The summed E-state index contributed by atoms with van der Waals surface area (Å²) >= 11 is 10.4. The topological polar surface area (TPSA) is 133 Å². The summed E-state index contributed by atoms with van der Waals surface area (Å²) in [6, 6.07) is 0. The van der Waals surface area contributed by atoms with Crippen molar-refractivity contribution in [1.29, 1.82) is 0 Å². The van der Waals surface area contributed by atoms with Gasteiger partial charge < -0.3 is 20.1 Å². The predicted molar refractivity (Wildman–Crippen MR) is 81.3 cm³/mol. The molecule has 2 unspecified atom stereocenters. The van der Waals surface area contributed by atoms with E-state index in [-0.39, 0.29) is 0 Å². The number of hydrogen-bond donors (Lipinski definition) is 3. The standard InChI is InChI=1S/C13H16ClNO7S/c1-5(16)8(19)9-12(20,6(2)17)10(14)13(21,7(3)18)11(22-9)15-4-23/h8-11,19-21H,1-3H3/t8?,9-,10+,11?,12-,13-/m1/s1. The number of halogens is 1. The summed E-state index contributed by atoms with van der Waals surface area (Å²) < 4.78 is 5.18. The zero-order chi connectivity index (χ0) is 18.2. The highest BCUT2D eigenvalue weighted by Crippen LogP contribution is 2.42. The van der Waals surface area contributed by atoms with Gasteiger partial charge in [-0.3, -0.25) is 14.4 Å². The number of nitrogens with zero attached hydrogens (tertiary/aromatic N) is 1. The number of hydrogen-bond acceptors (Lipinski definition) is 9. The van der Waals surface area contributed by atoms with Gasteiger partial charge in [0, 0.05) is 0 Å². The summed E-state index contributed by atoms with van der Waals surface area (Å²) in [6.45, 7) is 2.87. The molecule has 0 saturated carbocycles.